The van der Waals surface area contributed by atoms with Gasteiger partial charge >= 0.3 is 0 Å². The van der Waals surface area contributed by atoms with Gasteiger partial charge in [-0.3, -0.25) is 0 Å². The third-order valence-electron chi connectivity index (χ3n) is 2.13. The maximum absolute atomic E-state index is 4.46. The predicted molar refractivity (Wildman–Crippen MR) is 55.5 cm³/mol. The van der Waals surface area contributed by atoms with Crippen molar-refractivity contribution >= 4 is 23.2 Å². The smallest absolute Gasteiger partial charge is 0.0984 e. The Labute approximate surface area is 80.9 Å². The second kappa shape index (κ2) is 2.68. The van der Waals surface area contributed by atoms with Crippen LogP contribution in [0, 0.1) is 0 Å². The number of para-hydroxylation sites is 2. The maximum Gasteiger partial charge on any atom is 0.0984 e. The lowest BCUT2D eigenvalue weighted by atomic mass is 10.2. The van der Waals surface area contributed by atoms with Gasteiger partial charge in [-0.2, -0.15) is 0 Å². The number of fused-ring (bicyclic) bond motifs is 2. The Morgan fingerprint density at radius 3 is 1.79 bits per heavy atom. The minimum atomic E-state index is 0.863. The molecule has 0 unspecified atom stereocenters. The molecule has 2 heteroatoms. The second-order valence-electron chi connectivity index (χ2n) is 3.06. The molecular weight excluding hydrogens is 172 g/mol. The van der Waals surface area contributed by atoms with Crippen LogP contribution in [0.1, 0.15) is 11.4 Å². The van der Waals surface area contributed by atoms with Crippen molar-refractivity contribution in [2.24, 2.45) is 0 Å². The van der Waals surface area contributed by atoms with Crippen molar-refractivity contribution in [2.45, 2.75) is 0 Å². The Kier molecular flexibility index (Phi) is 1.39. The molecule has 0 aliphatic heterocycles. The highest BCUT2D eigenvalue weighted by atomic mass is 14.8. The van der Waals surface area contributed by atoms with Crippen LogP contribution in [-0.4, -0.2) is 9.97 Å². The Morgan fingerprint density at radius 1 is 0.786 bits per heavy atom. The maximum atomic E-state index is 4.46. The SMILES string of the molecule is C1=C=Cc2nc3ccccc3nc2C=1. The molecule has 0 bridgehead atoms. The van der Waals surface area contributed by atoms with Gasteiger partial charge in [0.05, 0.1) is 22.4 Å². The average Bonchev–Trinajstić information content (AvgIpc) is 2.26. The Morgan fingerprint density at radius 2 is 1.29 bits per heavy atom. The lowest BCUT2D eigenvalue weighted by Crippen LogP contribution is -1.93. The molecule has 2 aromatic rings. The standard InChI is InChI=1S/C12H6N2/c1-2-6-10-9(5-1)13-11-7-3-4-8-12(11)14-10/h1-2,5-8H. The summed E-state index contributed by atoms with van der Waals surface area (Å²) >= 11 is 0. The Hall–Kier alpha value is -2.14. The fourth-order valence-electron chi connectivity index (χ4n) is 1.46. The predicted octanol–water partition coefficient (Wildman–Crippen LogP) is 2.42. The first-order chi connectivity index (χ1) is 6.93. The molecule has 2 nitrogen and oxygen atoms in total. The van der Waals surface area contributed by atoms with Crippen LogP contribution in [0.3, 0.4) is 0 Å². The molecule has 0 saturated carbocycles. The first-order valence-electron chi connectivity index (χ1n) is 4.38. The summed E-state index contributed by atoms with van der Waals surface area (Å²) in [5.74, 6) is 0. The highest BCUT2D eigenvalue weighted by Crippen LogP contribution is 2.15. The topological polar surface area (TPSA) is 25.8 Å². The van der Waals surface area contributed by atoms with Crippen molar-refractivity contribution in [2.75, 3.05) is 0 Å². The highest BCUT2D eigenvalue weighted by Gasteiger charge is 2.04. The molecule has 1 aliphatic rings. The van der Waals surface area contributed by atoms with E-state index in [-0.39, 0.29) is 0 Å². The lowest BCUT2D eigenvalue weighted by Gasteiger charge is -2.02. The fourth-order valence-corrected chi connectivity index (χ4v) is 1.46. The van der Waals surface area contributed by atoms with Gasteiger partial charge in [-0.1, -0.05) is 23.6 Å². The van der Waals surface area contributed by atoms with Gasteiger partial charge in [0.25, 0.3) is 0 Å². The molecular formula is C12H6N2. The number of hydrogen-bond donors (Lipinski definition) is 0. The first kappa shape index (κ1) is 7.28. The normalized spacial score (nSPS) is 12.0. The van der Waals surface area contributed by atoms with E-state index in [1.54, 1.807) is 12.2 Å². The van der Waals surface area contributed by atoms with E-state index in [1.807, 2.05) is 24.3 Å². The van der Waals surface area contributed by atoms with Gasteiger partial charge in [-0.05, 0) is 12.1 Å². The third kappa shape index (κ3) is 0.997. The van der Waals surface area contributed by atoms with E-state index >= 15 is 0 Å². The Balaban J connectivity index is 2.43. The van der Waals surface area contributed by atoms with Crippen LogP contribution in [0.5, 0.6) is 0 Å². The largest absolute Gasteiger partial charge is 0.244 e. The molecule has 1 heterocycles. The number of aromatic nitrogens is 2. The quantitative estimate of drug-likeness (QED) is 0.494. The van der Waals surface area contributed by atoms with Gasteiger partial charge in [0, 0.05) is 12.2 Å². The number of benzene rings is 1. The van der Waals surface area contributed by atoms with E-state index in [9.17, 15) is 0 Å². The number of rotatable bonds is 0. The number of nitrogens with zero attached hydrogens (tertiary/aromatic N) is 2. The minimum absolute atomic E-state index is 0.863. The van der Waals surface area contributed by atoms with Crippen molar-refractivity contribution in [1.82, 2.24) is 9.97 Å². The summed E-state index contributed by atoms with van der Waals surface area (Å²) in [6, 6.07) is 7.83. The van der Waals surface area contributed by atoms with Crippen molar-refractivity contribution in [3.63, 3.8) is 0 Å². The zero-order chi connectivity index (χ0) is 9.38. The summed E-state index contributed by atoms with van der Waals surface area (Å²) in [7, 11) is 0. The zero-order valence-corrected chi connectivity index (χ0v) is 7.36. The zero-order valence-electron chi connectivity index (χ0n) is 7.36. The van der Waals surface area contributed by atoms with Gasteiger partial charge in [0.15, 0.2) is 0 Å². The van der Waals surface area contributed by atoms with Crippen LogP contribution in [0.2, 0.25) is 0 Å². The first-order valence-corrected chi connectivity index (χ1v) is 4.38. The molecule has 0 amide bonds. The average molecular weight is 178 g/mol. The van der Waals surface area contributed by atoms with Gasteiger partial charge < -0.3 is 0 Å². The molecule has 1 aromatic heterocycles. The molecule has 0 radical (unpaired) electrons. The van der Waals surface area contributed by atoms with Gasteiger partial charge in [0.2, 0.25) is 0 Å². The second-order valence-corrected chi connectivity index (χ2v) is 3.06. The molecule has 0 atom stereocenters. The van der Waals surface area contributed by atoms with Gasteiger partial charge in [0.1, 0.15) is 0 Å². The van der Waals surface area contributed by atoms with Crippen LogP contribution in [-0.2, 0) is 0 Å². The minimum Gasteiger partial charge on any atom is -0.244 e. The van der Waals surface area contributed by atoms with Crippen LogP contribution in [0.4, 0.5) is 0 Å². The van der Waals surface area contributed by atoms with Crippen LogP contribution in [0.25, 0.3) is 23.2 Å². The highest BCUT2D eigenvalue weighted by molar-refractivity contribution is 5.78. The third-order valence-corrected chi connectivity index (χ3v) is 2.13. The lowest BCUT2D eigenvalue weighted by molar-refractivity contribution is 1.24. The molecule has 0 spiro atoms. The van der Waals surface area contributed by atoms with E-state index in [0.29, 0.717) is 0 Å². The van der Waals surface area contributed by atoms with E-state index < -0.39 is 0 Å². The molecule has 3 rings (SSSR count). The molecule has 0 fully saturated rings. The summed E-state index contributed by atoms with van der Waals surface area (Å²) in [5.41, 5.74) is 9.30. The van der Waals surface area contributed by atoms with Crippen molar-refractivity contribution < 1.29 is 0 Å². The molecule has 1 aromatic carbocycles. The number of hydrogen-bond acceptors (Lipinski definition) is 2. The monoisotopic (exact) mass is 178 g/mol. The van der Waals surface area contributed by atoms with Crippen molar-refractivity contribution in [3.8, 4) is 0 Å². The summed E-state index contributed by atoms with van der Waals surface area (Å²) in [5, 5.41) is 0. The van der Waals surface area contributed by atoms with E-state index in [4.69, 9.17) is 0 Å². The fraction of sp³-hybridized carbons (Fsp3) is 0. The molecule has 0 N–H and O–H groups in total. The molecule has 64 valence electrons. The molecule has 0 saturated heterocycles. The summed E-state index contributed by atoms with van der Waals surface area (Å²) in [6.07, 6.45) is 3.60. The molecule has 1 aliphatic carbocycles. The summed E-state index contributed by atoms with van der Waals surface area (Å²) in [4.78, 5) is 8.93. The summed E-state index contributed by atoms with van der Waals surface area (Å²) in [6.45, 7) is 0. The van der Waals surface area contributed by atoms with Crippen LogP contribution < -0.4 is 0 Å². The molecule has 14 heavy (non-hydrogen) atoms. The Bertz CT molecular complexity index is 559. The van der Waals surface area contributed by atoms with Crippen molar-refractivity contribution in [3.05, 3.63) is 47.1 Å². The summed E-state index contributed by atoms with van der Waals surface area (Å²) < 4.78 is 0. The van der Waals surface area contributed by atoms with Gasteiger partial charge in [-0.25, -0.2) is 9.97 Å². The van der Waals surface area contributed by atoms with Crippen LogP contribution in [0.15, 0.2) is 35.7 Å². The van der Waals surface area contributed by atoms with Crippen LogP contribution >= 0.6 is 0 Å². The van der Waals surface area contributed by atoms with E-state index in [2.05, 4.69) is 21.4 Å². The van der Waals surface area contributed by atoms with Gasteiger partial charge in [-0.15, -0.1) is 0 Å². The van der Waals surface area contributed by atoms with Crippen molar-refractivity contribution in [1.29, 1.82) is 0 Å². The van der Waals surface area contributed by atoms with E-state index in [0.717, 1.165) is 22.4 Å². The van der Waals surface area contributed by atoms with E-state index in [1.165, 1.54) is 0 Å².